The third-order valence-corrected chi connectivity index (χ3v) is 2.38. The molecule has 0 aromatic carbocycles. The molecule has 1 unspecified atom stereocenters. The molecule has 1 atom stereocenters. The Bertz CT molecular complexity index is 381. The molecular weight excluding hydrogens is 256 g/mol. The lowest BCUT2D eigenvalue weighted by Crippen LogP contribution is -2.39. The van der Waals surface area contributed by atoms with Gasteiger partial charge < -0.3 is 15.1 Å². The molecule has 0 aliphatic rings. The van der Waals surface area contributed by atoms with E-state index in [4.69, 9.17) is 16.0 Å². The monoisotopic (exact) mass is 274 g/mol. The van der Waals surface area contributed by atoms with Gasteiger partial charge in [-0.3, -0.25) is 4.79 Å². The number of hydrogen-bond acceptors (Lipinski definition) is 5. The van der Waals surface area contributed by atoms with E-state index in [2.05, 4.69) is 20.8 Å². The second-order valence-corrected chi connectivity index (χ2v) is 4.82. The SMILES string of the molecule is CC(C)CNC(=O)C(C)Nc1nnc(CCCl)o1. The Kier molecular flexibility index (Phi) is 5.91. The number of aryl methyl sites for hydroxylation is 1. The first kappa shape index (κ1) is 14.8. The Labute approximate surface area is 111 Å². The van der Waals surface area contributed by atoms with E-state index in [0.29, 0.717) is 30.7 Å². The zero-order valence-electron chi connectivity index (χ0n) is 10.9. The van der Waals surface area contributed by atoms with Gasteiger partial charge in [-0.05, 0) is 12.8 Å². The maximum Gasteiger partial charge on any atom is 0.316 e. The van der Waals surface area contributed by atoms with Crippen LogP contribution in [-0.2, 0) is 11.2 Å². The lowest BCUT2D eigenvalue weighted by molar-refractivity contribution is -0.121. The van der Waals surface area contributed by atoms with Crippen molar-refractivity contribution in [2.45, 2.75) is 33.2 Å². The van der Waals surface area contributed by atoms with Crippen molar-refractivity contribution in [2.24, 2.45) is 5.92 Å². The Morgan fingerprint density at radius 1 is 1.39 bits per heavy atom. The predicted molar refractivity (Wildman–Crippen MR) is 69.7 cm³/mol. The third-order valence-electron chi connectivity index (χ3n) is 2.19. The smallest absolute Gasteiger partial charge is 0.316 e. The molecule has 0 aliphatic carbocycles. The first-order valence-corrected chi connectivity index (χ1v) is 6.49. The molecular formula is C11H19ClN4O2. The molecule has 0 bridgehead atoms. The van der Waals surface area contributed by atoms with Gasteiger partial charge in [0.05, 0.1) is 0 Å². The fourth-order valence-corrected chi connectivity index (χ4v) is 1.36. The van der Waals surface area contributed by atoms with Crippen LogP contribution in [0.2, 0.25) is 0 Å². The van der Waals surface area contributed by atoms with Gasteiger partial charge in [0, 0.05) is 18.8 Å². The highest BCUT2D eigenvalue weighted by molar-refractivity contribution is 6.17. The van der Waals surface area contributed by atoms with Gasteiger partial charge in [-0.1, -0.05) is 18.9 Å². The zero-order valence-corrected chi connectivity index (χ0v) is 11.6. The Hall–Kier alpha value is -1.30. The van der Waals surface area contributed by atoms with Crippen LogP contribution in [0.4, 0.5) is 6.01 Å². The van der Waals surface area contributed by atoms with Crippen LogP contribution < -0.4 is 10.6 Å². The summed E-state index contributed by atoms with van der Waals surface area (Å²) < 4.78 is 5.27. The summed E-state index contributed by atoms with van der Waals surface area (Å²) in [7, 11) is 0. The fraction of sp³-hybridized carbons (Fsp3) is 0.727. The van der Waals surface area contributed by atoms with Gasteiger partial charge in [0.15, 0.2) is 0 Å². The highest BCUT2D eigenvalue weighted by atomic mass is 35.5. The average molecular weight is 275 g/mol. The second kappa shape index (κ2) is 7.20. The van der Waals surface area contributed by atoms with Crippen molar-refractivity contribution in [2.75, 3.05) is 17.7 Å². The second-order valence-electron chi connectivity index (χ2n) is 4.44. The summed E-state index contributed by atoms with van der Waals surface area (Å²) in [6, 6.07) is -0.185. The van der Waals surface area contributed by atoms with Gasteiger partial charge in [-0.15, -0.1) is 16.7 Å². The summed E-state index contributed by atoms with van der Waals surface area (Å²) in [5.74, 6) is 1.20. The molecule has 0 aliphatic heterocycles. The minimum Gasteiger partial charge on any atom is -0.408 e. The van der Waals surface area contributed by atoms with Gasteiger partial charge >= 0.3 is 6.01 Å². The van der Waals surface area contributed by atoms with Gasteiger partial charge in [0.25, 0.3) is 0 Å². The molecule has 0 saturated carbocycles. The number of carbonyl (C=O) groups excluding carboxylic acids is 1. The number of alkyl halides is 1. The van der Waals surface area contributed by atoms with Crippen LogP contribution in [0.5, 0.6) is 0 Å². The normalized spacial score (nSPS) is 12.5. The number of hydrogen-bond donors (Lipinski definition) is 2. The summed E-state index contributed by atoms with van der Waals surface area (Å²) in [5.41, 5.74) is 0. The van der Waals surface area contributed by atoms with Crippen LogP contribution in [0.3, 0.4) is 0 Å². The largest absolute Gasteiger partial charge is 0.408 e. The number of halogens is 1. The standard InChI is InChI=1S/C11H19ClN4O2/c1-7(2)6-13-10(17)8(3)14-11-16-15-9(18-11)4-5-12/h7-8H,4-6H2,1-3H3,(H,13,17)(H,14,16). The van der Waals surface area contributed by atoms with Crippen molar-refractivity contribution in [3.8, 4) is 0 Å². The van der Waals surface area contributed by atoms with Crippen LogP contribution in [0.15, 0.2) is 4.42 Å². The molecule has 7 heteroatoms. The van der Waals surface area contributed by atoms with E-state index in [9.17, 15) is 4.79 Å². The minimum atomic E-state index is -0.423. The Morgan fingerprint density at radius 2 is 2.11 bits per heavy atom. The van der Waals surface area contributed by atoms with Crippen LogP contribution >= 0.6 is 11.6 Å². The van der Waals surface area contributed by atoms with E-state index in [1.54, 1.807) is 6.92 Å². The van der Waals surface area contributed by atoms with Crippen molar-refractivity contribution in [1.82, 2.24) is 15.5 Å². The number of amides is 1. The number of aromatic nitrogens is 2. The maximum absolute atomic E-state index is 11.7. The molecule has 1 heterocycles. The number of carbonyl (C=O) groups is 1. The molecule has 102 valence electrons. The van der Waals surface area contributed by atoms with Gasteiger partial charge in [0.1, 0.15) is 6.04 Å². The van der Waals surface area contributed by atoms with Crippen molar-refractivity contribution in [1.29, 1.82) is 0 Å². The summed E-state index contributed by atoms with van der Waals surface area (Å²) in [6.07, 6.45) is 0.518. The summed E-state index contributed by atoms with van der Waals surface area (Å²) in [5, 5.41) is 13.3. The minimum absolute atomic E-state index is 0.0965. The van der Waals surface area contributed by atoms with E-state index < -0.39 is 6.04 Å². The average Bonchev–Trinajstić information content (AvgIpc) is 2.73. The topological polar surface area (TPSA) is 80.0 Å². The molecule has 1 amide bonds. The van der Waals surface area contributed by atoms with Crippen molar-refractivity contribution < 1.29 is 9.21 Å². The van der Waals surface area contributed by atoms with E-state index in [1.807, 2.05) is 13.8 Å². The molecule has 1 aromatic heterocycles. The van der Waals surface area contributed by atoms with E-state index in [1.165, 1.54) is 0 Å². The van der Waals surface area contributed by atoms with Crippen LogP contribution in [0.1, 0.15) is 26.7 Å². The van der Waals surface area contributed by atoms with E-state index in [-0.39, 0.29) is 11.9 Å². The fourth-order valence-electron chi connectivity index (χ4n) is 1.20. The highest BCUT2D eigenvalue weighted by Gasteiger charge is 2.15. The summed E-state index contributed by atoms with van der Waals surface area (Å²) >= 11 is 5.56. The molecule has 0 saturated heterocycles. The first-order chi connectivity index (χ1) is 8.52. The van der Waals surface area contributed by atoms with E-state index >= 15 is 0 Å². The molecule has 6 nitrogen and oxygen atoms in total. The summed E-state index contributed by atoms with van der Waals surface area (Å²) in [4.78, 5) is 11.7. The molecule has 1 rings (SSSR count). The predicted octanol–water partition coefficient (Wildman–Crippen LogP) is 1.42. The first-order valence-electron chi connectivity index (χ1n) is 5.95. The molecule has 0 fully saturated rings. The van der Waals surface area contributed by atoms with Crippen LogP contribution in [-0.4, -0.2) is 34.6 Å². The lowest BCUT2D eigenvalue weighted by Gasteiger charge is -2.13. The molecule has 18 heavy (non-hydrogen) atoms. The van der Waals surface area contributed by atoms with Crippen molar-refractivity contribution in [3.05, 3.63) is 5.89 Å². The molecule has 1 aromatic rings. The number of nitrogens with one attached hydrogen (secondary N) is 2. The van der Waals surface area contributed by atoms with Gasteiger partial charge in [-0.2, -0.15) is 0 Å². The number of rotatable bonds is 7. The van der Waals surface area contributed by atoms with E-state index in [0.717, 1.165) is 0 Å². The molecule has 2 N–H and O–H groups in total. The van der Waals surface area contributed by atoms with Crippen molar-refractivity contribution in [3.63, 3.8) is 0 Å². The number of nitrogens with zero attached hydrogens (tertiary/aromatic N) is 2. The molecule has 0 radical (unpaired) electrons. The van der Waals surface area contributed by atoms with Crippen molar-refractivity contribution >= 4 is 23.5 Å². The summed E-state index contributed by atoms with van der Waals surface area (Å²) in [6.45, 7) is 6.46. The zero-order chi connectivity index (χ0) is 13.5. The Balaban J connectivity index is 2.42. The third kappa shape index (κ3) is 4.91. The lowest BCUT2D eigenvalue weighted by atomic mass is 10.2. The van der Waals surface area contributed by atoms with Gasteiger partial charge in [-0.25, -0.2) is 0 Å². The highest BCUT2D eigenvalue weighted by Crippen LogP contribution is 2.08. The quantitative estimate of drug-likeness (QED) is 0.735. The Morgan fingerprint density at radius 3 is 2.72 bits per heavy atom. The maximum atomic E-state index is 11.7. The number of anilines is 1. The molecule has 0 spiro atoms. The van der Waals surface area contributed by atoms with Crippen LogP contribution in [0.25, 0.3) is 0 Å². The van der Waals surface area contributed by atoms with Gasteiger partial charge in [0.2, 0.25) is 11.8 Å². The van der Waals surface area contributed by atoms with Crippen LogP contribution in [0, 0.1) is 5.92 Å².